The summed E-state index contributed by atoms with van der Waals surface area (Å²) < 4.78 is 12.0. The van der Waals surface area contributed by atoms with Crippen LogP contribution in [0.3, 0.4) is 0 Å². The molecule has 0 saturated heterocycles. The summed E-state index contributed by atoms with van der Waals surface area (Å²) in [5.41, 5.74) is 16.5. The Hall–Kier alpha value is -2.25. The van der Waals surface area contributed by atoms with Crippen LogP contribution in [0, 0.1) is 0 Å². The Kier molecular flexibility index (Phi) is 5.92. The summed E-state index contributed by atoms with van der Waals surface area (Å²) in [6, 6.07) is 3.82. The van der Waals surface area contributed by atoms with Gasteiger partial charge in [0.05, 0.1) is 25.6 Å². The number of aryl methyl sites for hydroxylation is 2. The van der Waals surface area contributed by atoms with Crippen molar-refractivity contribution in [3.05, 3.63) is 29.0 Å². The summed E-state index contributed by atoms with van der Waals surface area (Å²) in [5, 5.41) is 4.66. The molecule has 0 saturated carbocycles. The van der Waals surface area contributed by atoms with Gasteiger partial charge in [-0.2, -0.15) is 5.10 Å². The Morgan fingerprint density at radius 1 is 1.32 bits per heavy atom. The van der Waals surface area contributed by atoms with E-state index in [9.17, 15) is 4.79 Å². The Morgan fingerprint density at radius 2 is 2.08 bits per heavy atom. The number of fused-ring (bicyclic) bond motifs is 3. The van der Waals surface area contributed by atoms with Gasteiger partial charge in [-0.05, 0) is 43.5 Å². The maximum Gasteiger partial charge on any atom is 0.356 e. The van der Waals surface area contributed by atoms with Crippen molar-refractivity contribution < 1.29 is 14.3 Å². The highest BCUT2D eigenvalue weighted by Crippen LogP contribution is 2.39. The molecular formula is C17H23ClN4O3. The molecule has 0 radical (unpaired) electrons. The number of carbonyl (C=O) groups is 1. The molecule has 1 aromatic carbocycles. The van der Waals surface area contributed by atoms with Crippen LogP contribution in [-0.2, 0) is 24.1 Å². The monoisotopic (exact) mass is 366 g/mol. The molecule has 0 unspecified atom stereocenters. The molecule has 0 bridgehead atoms. The lowest BCUT2D eigenvalue weighted by atomic mass is 9.88. The normalized spacial score (nSPS) is 12.0. The van der Waals surface area contributed by atoms with Crippen LogP contribution in [-0.4, -0.2) is 36.5 Å². The molecule has 0 spiro atoms. The molecule has 7 nitrogen and oxygen atoms in total. The third-order valence-corrected chi connectivity index (χ3v) is 4.36. The fourth-order valence-corrected chi connectivity index (χ4v) is 3.18. The summed E-state index contributed by atoms with van der Waals surface area (Å²) in [4.78, 5) is 12.3. The van der Waals surface area contributed by atoms with Gasteiger partial charge < -0.3 is 20.9 Å². The second kappa shape index (κ2) is 7.76. The van der Waals surface area contributed by atoms with Crippen molar-refractivity contribution in [1.29, 1.82) is 0 Å². The second-order valence-electron chi connectivity index (χ2n) is 5.78. The average molecular weight is 367 g/mol. The molecular weight excluding hydrogens is 344 g/mol. The minimum Gasteiger partial charge on any atom is -0.495 e. The van der Waals surface area contributed by atoms with Crippen molar-refractivity contribution in [2.45, 2.75) is 25.8 Å². The lowest BCUT2D eigenvalue weighted by molar-refractivity contribution is 0.0585. The number of nitrogen functional groups attached to an aromatic ring is 1. The van der Waals surface area contributed by atoms with Gasteiger partial charge >= 0.3 is 5.97 Å². The summed E-state index contributed by atoms with van der Waals surface area (Å²) >= 11 is 0. The molecule has 3 rings (SSSR count). The maximum absolute atomic E-state index is 12.3. The van der Waals surface area contributed by atoms with E-state index >= 15 is 0 Å². The van der Waals surface area contributed by atoms with E-state index in [-0.39, 0.29) is 18.4 Å². The fourth-order valence-electron chi connectivity index (χ4n) is 3.18. The number of benzene rings is 1. The third kappa shape index (κ3) is 3.29. The van der Waals surface area contributed by atoms with E-state index in [1.807, 2.05) is 12.1 Å². The van der Waals surface area contributed by atoms with Crippen molar-refractivity contribution in [2.24, 2.45) is 5.73 Å². The first-order chi connectivity index (χ1) is 11.6. The van der Waals surface area contributed by atoms with E-state index in [0.29, 0.717) is 30.2 Å². The number of hydrogen-bond donors (Lipinski definition) is 2. The Labute approximate surface area is 152 Å². The van der Waals surface area contributed by atoms with Crippen LogP contribution >= 0.6 is 12.4 Å². The van der Waals surface area contributed by atoms with Gasteiger partial charge in [0.25, 0.3) is 0 Å². The Bertz CT molecular complexity index is 789. The quantitative estimate of drug-likeness (QED) is 0.617. The maximum atomic E-state index is 12.3. The predicted octanol–water partition coefficient (Wildman–Crippen LogP) is 1.80. The topological polar surface area (TPSA) is 105 Å². The number of methoxy groups -OCH3 is 2. The summed E-state index contributed by atoms with van der Waals surface area (Å²) in [5.74, 6) is 0.290. The van der Waals surface area contributed by atoms with Gasteiger partial charge in [0.2, 0.25) is 0 Å². The molecule has 0 aliphatic heterocycles. The molecule has 0 amide bonds. The molecule has 2 aromatic rings. The molecule has 4 N–H and O–H groups in total. The highest BCUT2D eigenvalue weighted by molar-refractivity contribution is 5.92. The van der Waals surface area contributed by atoms with Crippen LogP contribution in [0.15, 0.2) is 12.1 Å². The van der Waals surface area contributed by atoms with Gasteiger partial charge in [-0.25, -0.2) is 4.79 Å². The molecule has 25 heavy (non-hydrogen) atoms. The molecule has 8 heteroatoms. The number of ether oxygens (including phenoxy) is 2. The molecule has 1 aliphatic rings. The van der Waals surface area contributed by atoms with E-state index in [2.05, 4.69) is 5.10 Å². The first kappa shape index (κ1) is 19.1. The van der Waals surface area contributed by atoms with Crippen LogP contribution in [0.1, 0.15) is 28.0 Å². The van der Waals surface area contributed by atoms with Gasteiger partial charge in [0.15, 0.2) is 0 Å². The summed E-state index contributed by atoms with van der Waals surface area (Å²) in [7, 11) is 2.98. The van der Waals surface area contributed by atoms with E-state index in [1.165, 1.54) is 7.11 Å². The number of carbonyl (C=O) groups excluding carboxylic acids is 1. The van der Waals surface area contributed by atoms with E-state index in [1.54, 1.807) is 11.8 Å². The molecule has 1 heterocycles. The molecule has 1 aromatic heterocycles. The van der Waals surface area contributed by atoms with Gasteiger partial charge in [0, 0.05) is 17.7 Å². The number of anilines is 1. The lowest BCUT2D eigenvalue weighted by Gasteiger charge is -2.18. The van der Waals surface area contributed by atoms with Crippen LogP contribution in [0.5, 0.6) is 5.75 Å². The Morgan fingerprint density at radius 3 is 2.72 bits per heavy atom. The van der Waals surface area contributed by atoms with Crippen molar-refractivity contribution >= 4 is 24.1 Å². The minimum absolute atomic E-state index is 0. The van der Waals surface area contributed by atoms with Crippen LogP contribution in [0.2, 0.25) is 0 Å². The van der Waals surface area contributed by atoms with Crippen molar-refractivity contribution in [3.63, 3.8) is 0 Å². The summed E-state index contributed by atoms with van der Waals surface area (Å²) in [6.45, 7) is 1.11. The average Bonchev–Trinajstić information content (AvgIpc) is 2.97. The molecule has 0 atom stereocenters. The Balaban J connectivity index is 0.00000225. The van der Waals surface area contributed by atoms with E-state index in [0.717, 1.165) is 41.6 Å². The van der Waals surface area contributed by atoms with Crippen LogP contribution < -0.4 is 16.2 Å². The van der Waals surface area contributed by atoms with E-state index in [4.69, 9.17) is 20.9 Å². The number of nitrogens with two attached hydrogens (primary N) is 2. The van der Waals surface area contributed by atoms with Crippen molar-refractivity contribution in [1.82, 2.24) is 9.78 Å². The predicted molar refractivity (Wildman–Crippen MR) is 98.3 cm³/mol. The van der Waals surface area contributed by atoms with Crippen molar-refractivity contribution in [3.8, 4) is 17.0 Å². The second-order valence-corrected chi connectivity index (χ2v) is 5.78. The number of esters is 1. The number of halogens is 1. The van der Waals surface area contributed by atoms with Gasteiger partial charge in [0.1, 0.15) is 11.4 Å². The van der Waals surface area contributed by atoms with Gasteiger partial charge in [-0.15, -0.1) is 12.4 Å². The fraction of sp³-hybridized carbons (Fsp3) is 0.412. The number of rotatable bonds is 5. The SMILES string of the molecule is COC(=O)c1c2c(nn1CCCN)-c1cc(N)c(OC)cc1CC2.Cl. The minimum atomic E-state index is -0.370. The highest BCUT2D eigenvalue weighted by Gasteiger charge is 2.29. The zero-order chi connectivity index (χ0) is 17.3. The zero-order valence-corrected chi connectivity index (χ0v) is 15.2. The zero-order valence-electron chi connectivity index (χ0n) is 14.4. The summed E-state index contributed by atoms with van der Waals surface area (Å²) in [6.07, 6.45) is 2.26. The smallest absolute Gasteiger partial charge is 0.356 e. The third-order valence-electron chi connectivity index (χ3n) is 4.36. The van der Waals surface area contributed by atoms with Gasteiger partial charge in [-0.3, -0.25) is 4.68 Å². The number of nitrogens with zero attached hydrogens (tertiary/aromatic N) is 2. The molecule has 0 fully saturated rings. The lowest BCUT2D eigenvalue weighted by Crippen LogP contribution is -2.16. The standard InChI is InChI=1S/C17H22N4O3.ClH/c1-23-14-8-10-4-5-11-15(12(10)9-13(14)19)20-21(7-3-6-18)16(11)17(22)24-2;/h8-9H,3-7,18-19H2,1-2H3;1H. The first-order valence-corrected chi connectivity index (χ1v) is 7.95. The number of hydrogen-bond acceptors (Lipinski definition) is 6. The largest absolute Gasteiger partial charge is 0.495 e. The van der Waals surface area contributed by atoms with Crippen LogP contribution in [0.4, 0.5) is 5.69 Å². The van der Waals surface area contributed by atoms with Crippen LogP contribution in [0.25, 0.3) is 11.3 Å². The van der Waals surface area contributed by atoms with Gasteiger partial charge in [-0.1, -0.05) is 0 Å². The highest BCUT2D eigenvalue weighted by atomic mass is 35.5. The first-order valence-electron chi connectivity index (χ1n) is 7.95. The van der Waals surface area contributed by atoms with E-state index < -0.39 is 0 Å². The molecule has 136 valence electrons. The van der Waals surface area contributed by atoms with Crippen molar-refractivity contribution in [2.75, 3.05) is 26.5 Å². The molecule has 1 aliphatic carbocycles. The number of aromatic nitrogens is 2.